The van der Waals surface area contributed by atoms with E-state index in [1.165, 1.54) is 0 Å². The summed E-state index contributed by atoms with van der Waals surface area (Å²) < 4.78 is 2.12. The van der Waals surface area contributed by atoms with E-state index >= 15 is 0 Å². The van der Waals surface area contributed by atoms with Crippen molar-refractivity contribution in [2.24, 2.45) is 7.05 Å². The molecule has 0 atom stereocenters. The van der Waals surface area contributed by atoms with E-state index < -0.39 is 0 Å². The first kappa shape index (κ1) is 18.6. The third-order valence-corrected chi connectivity index (χ3v) is 5.64. The smallest absolute Gasteiger partial charge is 0.180 e. The number of aromatic nitrogens is 5. The second-order valence-corrected chi connectivity index (χ2v) is 7.86. The number of piperidine rings is 1. The predicted octanol–water partition coefficient (Wildman–Crippen LogP) is 3.37. The van der Waals surface area contributed by atoms with Crippen molar-refractivity contribution in [1.29, 1.82) is 0 Å². The number of fused-ring (bicyclic) bond motifs is 1. The highest BCUT2D eigenvalue weighted by Gasteiger charge is 2.21. The van der Waals surface area contributed by atoms with E-state index in [1.807, 2.05) is 38.2 Å². The highest BCUT2D eigenvalue weighted by atomic mass is 16.3. The molecule has 5 rings (SSSR count). The van der Waals surface area contributed by atoms with Gasteiger partial charge in [-0.3, -0.25) is 5.10 Å². The summed E-state index contributed by atoms with van der Waals surface area (Å²) >= 11 is 0. The molecule has 0 bridgehead atoms. The lowest BCUT2D eigenvalue weighted by molar-refractivity contribution is 0.145. The van der Waals surface area contributed by atoms with E-state index in [2.05, 4.69) is 43.2 Å². The van der Waals surface area contributed by atoms with E-state index in [9.17, 15) is 5.11 Å². The van der Waals surface area contributed by atoms with Crippen LogP contribution in [0.15, 0.2) is 42.5 Å². The normalized spacial score (nSPS) is 15.1. The lowest BCUT2D eigenvalue weighted by Crippen LogP contribution is -2.36. The number of H-pyrrole nitrogens is 1. The Labute approximate surface area is 174 Å². The fraction of sp³-hybridized carbons (Fsp3) is 0.318. The third kappa shape index (κ3) is 3.50. The number of nitrogens with zero attached hydrogens (tertiary/aromatic N) is 5. The van der Waals surface area contributed by atoms with Crippen molar-refractivity contribution in [2.45, 2.75) is 25.9 Å². The number of benzene rings is 1. The summed E-state index contributed by atoms with van der Waals surface area (Å²) in [6, 6.07) is 14.3. The molecule has 0 radical (unpaired) electrons. The Morgan fingerprint density at radius 3 is 2.60 bits per heavy atom. The first-order chi connectivity index (χ1) is 14.6. The van der Waals surface area contributed by atoms with Crippen LogP contribution in [0.2, 0.25) is 0 Å². The van der Waals surface area contributed by atoms with Gasteiger partial charge in [0.2, 0.25) is 0 Å². The Balaban J connectivity index is 1.58. The molecule has 154 valence electrons. The molecule has 4 aromatic rings. The third-order valence-electron chi connectivity index (χ3n) is 5.64. The second-order valence-electron chi connectivity index (χ2n) is 7.86. The molecule has 8 nitrogen and oxygen atoms in total. The van der Waals surface area contributed by atoms with Crippen molar-refractivity contribution in [3.8, 4) is 11.5 Å². The maximum absolute atomic E-state index is 9.89. The van der Waals surface area contributed by atoms with Gasteiger partial charge in [-0.15, -0.1) is 0 Å². The van der Waals surface area contributed by atoms with Gasteiger partial charge in [-0.25, -0.2) is 9.97 Å². The summed E-state index contributed by atoms with van der Waals surface area (Å²) in [6.07, 6.45) is 1.26. The Kier molecular flexibility index (Phi) is 4.63. The molecule has 0 spiro atoms. The number of aliphatic hydroxyl groups is 1. The fourth-order valence-electron chi connectivity index (χ4n) is 3.99. The number of aromatic amines is 1. The van der Waals surface area contributed by atoms with Crippen molar-refractivity contribution < 1.29 is 5.11 Å². The summed E-state index contributed by atoms with van der Waals surface area (Å²) in [6.45, 7) is 3.50. The highest BCUT2D eigenvalue weighted by Crippen LogP contribution is 2.29. The van der Waals surface area contributed by atoms with Crippen LogP contribution in [0.3, 0.4) is 0 Å². The van der Waals surface area contributed by atoms with Crippen LogP contribution < -0.4 is 10.2 Å². The van der Waals surface area contributed by atoms with Gasteiger partial charge in [-0.05, 0) is 31.9 Å². The van der Waals surface area contributed by atoms with Crippen molar-refractivity contribution in [2.75, 3.05) is 23.3 Å². The van der Waals surface area contributed by atoms with Crippen LogP contribution in [0.5, 0.6) is 0 Å². The van der Waals surface area contributed by atoms with Gasteiger partial charge in [0.25, 0.3) is 0 Å². The minimum atomic E-state index is -0.231. The molecule has 1 fully saturated rings. The van der Waals surface area contributed by atoms with Crippen molar-refractivity contribution in [3.63, 3.8) is 0 Å². The van der Waals surface area contributed by atoms with Gasteiger partial charge in [0.1, 0.15) is 11.6 Å². The first-order valence-electron chi connectivity index (χ1n) is 10.2. The van der Waals surface area contributed by atoms with Crippen LogP contribution in [0, 0.1) is 6.92 Å². The predicted molar refractivity (Wildman–Crippen MR) is 118 cm³/mol. The summed E-state index contributed by atoms with van der Waals surface area (Å²) in [5.41, 5.74) is 3.07. The lowest BCUT2D eigenvalue weighted by Gasteiger charge is -2.30. The van der Waals surface area contributed by atoms with Crippen molar-refractivity contribution in [1.82, 2.24) is 24.7 Å². The van der Waals surface area contributed by atoms with Gasteiger partial charge in [0.05, 0.1) is 11.8 Å². The molecule has 1 aliphatic rings. The van der Waals surface area contributed by atoms with E-state index in [1.54, 1.807) is 0 Å². The molecule has 4 heterocycles. The summed E-state index contributed by atoms with van der Waals surface area (Å²) in [7, 11) is 2.04. The molecule has 1 saturated heterocycles. The number of rotatable bonds is 4. The van der Waals surface area contributed by atoms with Crippen LogP contribution in [0.4, 0.5) is 17.5 Å². The summed E-state index contributed by atoms with van der Waals surface area (Å²) in [5.74, 6) is 2.92. The molecule has 1 aromatic carbocycles. The number of anilines is 3. The average molecular weight is 403 g/mol. The largest absolute Gasteiger partial charge is 0.393 e. The van der Waals surface area contributed by atoms with Crippen molar-refractivity contribution in [3.05, 3.63) is 48.2 Å². The van der Waals surface area contributed by atoms with Crippen LogP contribution in [0.25, 0.3) is 22.4 Å². The minimum Gasteiger partial charge on any atom is -0.393 e. The zero-order valence-electron chi connectivity index (χ0n) is 17.1. The van der Waals surface area contributed by atoms with Crippen LogP contribution >= 0.6 is 0 Å². The van der Waals surface area contributed by atoms with E-state index in [0.29, 0.717) is 17.5 Å². The molecular weight excluding hydrogens is 378 g/mol. The zero-order valence-corrected chi connectivity index (χ0v) is 17.1. The summed E-state index contributed by atoms with van der Waals surface area (Å²) in [4.78, 5) is 11.9. The molecule has 0 amide bonds. The molecule has 3 N–H and O–H groups in total. The maximum Gasteiger partial charge on any atom is 0.180 e. The molecule has 0 saturated carbocycles. The Hall–Kier alpha value is -3.39. The average Bonchev–Trinajstić information content (AvgIpc) is 3.31. The fourth-order valence-corrected chi connectivity index (χ4v) is 3.99. The number of hydrogen-bond acceptors (Lipinski definition) is 6. The molecular formula is C22H25N7O. The Morgan fingerprint density at radius 1 is 1.07 bits per heavy atom. The standard InChI is InChI=1S/C22H25N7O/c1-14-11-20(27-26-14)23-19-13-21(29-9-7-16(30)8-10-29)25-22(24-19)18-12-15-5-3-4-6-17(15)28(18)2/h3-6,11-13,16,30H,7-10H2,1-2H3,(H2,23,24,25,26,27). The first-order valence-corrected chi connectivity index (χ1v) is 10.2. The highest BCUT2D eigenvalue weighted by molar-refractivity contribution is 5.86. The van der Waals surface area contributed by atoms with Crippen LogP contribution in [-0.4, -0.2) is 49.0 Å². The van der Waals surface area contributed by atoms with Gasteiger partial charge < -0.3 is 19.9 Å². The van der Waals surface area contributed by atoms with E-state index in [0.717, 1.165) is 54.0 Å². The number of aryl methyl sites for hydroxylation is 2. The number of para-hydroxylation sites is 1. The molecule has 8 heteroatoms. The zero-order chi connectivity index (χ0) is 20.7. The van der Waals surface area contributed by atoms with Gasteiger partial charge in [0.15, 0.2) is 11.6 Å². The molecule has 0 aliphatic carbocycles. The van der Waals surface area contributed by atoms with Gasteiger partial charge >= 0.3 is 0 Å². The molecule has 0 unspecified atom stereocenters. The van der Waals surface area contributed by atoms with E-state index in [4.69, 9.17) is 9.97 Å². The molecule has 30 heavy (non-hydrogen) atoms. The lowest BCUT2D eigenvalue weighted by atomic mass is 10.1. The maximum atomic E-state index is 9.89. The second kappa shape index (κ2) is 7.46. The molecule has 3 aromatic heterocycles. The number of nitrogens with one attached hydrogen (secondary N) is 2. The SMILES string of the molecule is Cc1cc(Nc2cc(N3CCC(O)CC3)nc(-c3cc4ccccc4n3C)n2)n[nH]1. The Morgan fingerprint density at radius 2 is 1.87 bits per heavy atom. The van der Waals surface area contributed by atoms with Crippen LogP contribution in [-0.2, 0) is 7.05 Å². The van der Waals surface area contributed by atoms with Crippen molar-refractivity contribution >= 4 is 28.4 Å². The topological polar surface area (TPSA) is 94.9 Å². The monoisotopic (exact) mass is 403 g/mol. The van der Waals surface area contributed by atoms with E-state index in [-0.39, 0.29) is 6.10 Å². The minimum absolute atomic E-state index is 0.231. The van der Waals surface area contributed by atoms with Gasteiger partial charge in [-0.2, -0.15) is 5.10 Å². The van der Waals surface area contributed by atoms with Gasteiger partial charge in [0, 0.05) is 48.9 Å². The molecule has 1 aliphatic heterocycles. The number of hydrogen-bond donors (Lipinski definition) is 3. The van der Waals surface area contributed by atoms with Crippen LogP contribution in [0.1, 0.15) is 18.5 Å². The summed E-state index contributed by atoms with van der Waals surface area (Å²) in [5, 5.41) is 21.6. The Bertz CT molecular complexity index is 1190. The quantitative estimate of drug-likeness (QED) is 0.484. The number of aliphatic hydroxyl groups excluding tert-OH is 1. The van der Waals surface area contributed by atoms with Gasteiger partial charge in [-0.1, -0.05) is 18.2 Å².